The molecule has 2 aromatic rings. The van der Waals surface area contributed by atoms with Gasteiger partial charge < -0.3 is 9.47 Å². The summed E-state index contributed by atoms with van der Waals surface area (Å²) < 4.78 is 24.0. The number of carbonyl (C=O) groups excluding carboxylic acids is 1. The standard InChI is InChI=1S/C19H19FO3/c1-13(2)23-16-8-4-14(5-9-16)6-10-18(21)15-7-11-19(22-3)17(20)12-15/h4-13H,1-3H3. The van der Waals surface area contributed by atoms with Crippen LogP contribution in [0.15, 0.2) is 48.5 Å². The summed E-state index contributed by atoms with van der Waals surface area (Å²) in [6.45, 7) is 3.92. The molecule has 0 unspecified atom stereocenters. The van der Waals surface area contributed by atoms with E-state index in [-0.39, 0.29) is 23.2 Å². The molecule has 0 radical (unpaired) electrons. The summed E-state index contributed by atoms with van der Waals surface area (Å²) in [5.74, 6) is 0.0722. The largest absolute Gasteiger partial charge is 0.494 e. The van der Waals surface area contributed by atoms with Crippen molar-refractivity contribution in [1.82, 2.24) is 0 Å². The van der Waals surface area contributed by atoms with Crippen molar-refractivity contribution in [3.05, 3.63) is 65.5 Å². The van der Waals surface area contributed by atoms with Crippen molar-refractivity contribution in [3.63, 3.8) is 0 Å². The Balaban J connectivity index is 2.07. The van der Waals surface area contributed by atoms with Crippen LogP contribution < -0.4 is 9.47 Å². The van der Waals surface area contributed by atoms with Gasteiger partial charge in [-0.15, -0.1) is 0 Å². The Labute approximate surface area is 135 Å². The third-order valence-corrected chi connectivity index (χ3v) is 3.12. The highest BCUT2D eigenvalue weighted by Crippen LogP contribution is 2.19. The summed E-state index contributed by atoms with van der Waals surface area (Å²) in [4.78, 5) is 12.1. The maximum absolute atomic E-state index is 13.6. The van der Waals surface area contributed by atoms with Crippen LogP contribution in [-0.2, 0) is 0 Å². The van der Waals surface area contributed by atoms with Crippen LogP contribution in [0.5, 0.6) is 11.5 Å². The fourth-order valence-electron chi connectivity index (χ4n) is 2.02. The third-order valence-electron chi connectivity index (χ3n) is 3.12. The Morgan fingerprint density at radius 3 is 2.39 bits per heavy atom. The average Bonchev–Trinajstić information content (AvgIpc) is 2.53. The second-order valence-corrected chi connectivity index (χ2v) is 5.28. The first-order valence-electron chi connectivity index (χ1n) is 7.32. The topological polar surface area (TPSA) is 35.5 Å². The van der Waals surface area contributed by atoms with Crippen molar-refractivity contribution >= 4 is 11.9 Å². The molecule has 0 aliphatic heterocycles. The Bertz CT molecular complexity index is 703. The van der Waals surface area contributed by atoms with E-state index in [2.05, 4.69) is 0 Å². The van der Waals surface area contributed by atoms with Crippen LogP contribution >= 0.6 is 0 Å². The Kier molecular flexibility index (Phi) is 5.52. The van der Waals surface area contributed by atoms with Gasteiger partial charge in [0.2, 0.25) is 0 Å². The number of ketones is 1. The van der Waals surface area contributed by atoms with Crippen molar-refractivity contribution in [2.45, 2.75) is 20.0 Å². The predicted octanol–water partition coefficient (Wildman–Crippen LogP) is 4.52. The monoisotopic (exact) mass is 314 g/mol. The first-order chi connectivity index (χ1) is 11.0. The number of methoxy groups -OCH3 is 1. The van der Waals surface area contributed by atoms with Gasteiger partial charge in [0.05, 0.1) is 13.2 Å². The van der Waals surface area contributed by atoms with Crippen LogP contribution in [0, 0.1) is 5.82 Å². The fourth-order valence-corrected chi connectivity index (χ4v) is 2.02. The molecule has 0 bridgehead atoms. The van der Waals surface area contributed by atoms with Gasteiger partial charge in [-0.3, -0.25) is 4.79 Å². The van der Waals surface area contributed by atoms with Gasteiger partial charge in [-0.25, -0.2) is 4.39 Å². The second kappa shape index (κ2) is 7.58. The number of hydrogen-bond acceptors (Lipinski definition) is 3. The minimum Gasteiger partial charge on any atom is -0.494 e. The first kappa shape index (κ1) is 16.7. The lowest BCUT2D eigenvalue weighted by molar-refractivity contribution is 0.104. The molecule has 2 aromatic carbocycles. The summed E-state index contributed by atoms with van der Waals surface area (Å²) in [5, 5.41) is 0. The number of carbonyl (C=O) groups is 1. The van der Waals surface area contributed by atoms with Crippen LogP contribution in [0.25, 0.3) is 6.08 Å². The molecule has 23 heavy (non-hydrogen) atoms. The van der Waals surface area contributed by atoms with Crippen LogP contribution in [-0.4, -0.2) is 19.0 Å². The number of benzene rings is 2. The van der Waals surface area contributed by atoms with Crippen molar-refractivity contribution < 1.29 is 18.7 Å². The highest BCUT2D eigenvalue weighted by Gasteiger charge is 2.07. The normalized spacial score (nSPS) is 11.0. The van der Waals surface area contributed by atoms with E-state index in [1.54, 1.807) is 6.08 Å². The van der Waals surface area contributed by atoms with E-state index in [1.165, 1.54) is 31.4 Å². The smallest absolute Gasteiger partial charge is 0.185 e. The molecule has 4 heteroatoms. The lowest BCUT2D eigenvalue weighted by Crippen LogP contribution is -2.05. The molecule has 0 amide bonds. The van der Waals surface area contributed by atoms with Crippen LogP contribution in [0.4, 0.5) is 4.39 Å². The Hall–Kier alpha value is -2.62. The van der Waals surface area contributed by atoms with Gasteiger partial charge in [-0.05, 0) is 55.8 Å². The van der Waals surface area contributed by atoms with Gasteiger partial charge in [-0.1, -0.05) is 18.2 Å². The van der Waals surface area contributed by atoms with Gasteiger partial charge in [0, 0.05) is 5.56 Å². The summed E-state index contributed by atoms with van der Waals surface area (Å²) in [6, 6.07) is 11.5. The molecule has 120 valence electrons. The first-order valence-corrected chi connectivity index (χ1v) is 7.32. The quantitative estimate of drug-likeness (QED) is 0.581. The van der Waals surface area contributed by atoms with Crippen molar-refractivity contribution in [2.24, 2.45) is 0 Å². The molecule has 0 aliphatic carbocycles. The molecule has 0 saturated heterocycles. The summed E-state index contributed by atoms with van der Waals surface area (Å²) >= 11 is 0. The van der Waals surface area contributed by atoms with E-state index >= 15 is 0 Å². The number of ether oxygens (including phenoxy) is 2. The third kappa shape index (κ3) is 4.68. The molecule has 0 spiro atoms. The molecule has 0 saturated carbocycles. The van der Waals surface area contributed by atoms with E-state index < -0.39 is 5.82 Å². The molecular weight excluding hydrogens is 295 g/mol. The van der Waals surface area contributed by atoms with Crippen LogP contribution in [0.2, 0.25) is 0 Å². The zero-order chi connectivity index (χ0) is 16.8. The average molecular weight is 314 g/mol. The van der Waals surface area contributed by atoms with E-state index in [1.807, 2.05) is 38.1 Å². The van der Waals surface area contributed by atoms with Crippen molar-refractivity contribution in [1.29, 1.82) is 0 Å². The van der Waals surface area contributed by atoms with E-state index in [0.29, 0.717) is 0 Å². The van der Waals surface area contributed by atoms with E-state index in [0.717, 1.165) is 11.3 Å². The van der Waals surface area contributed by atoms with E-state index in [9.17, 15) is 9.18 Å². The van der Waals surface area contributed by atoms with Gasteiger partial charge in [0.15, 0.2) is 17.3 Å². The van der Waals surface area contributed by atoms with Gasteiger partial charge in [0.25, 0.3) is 0 Å². The number of hydrogen-bond donors (Lipinski definition) is 0. The van der Waals surface area contributed by atoms with Crippen molar-refractivity contribution in [2.75, 3.05) is 7.11 Å². The van der Waals surface area contributed by atoms with Gasteiger partial charge >= 0.3 is 0 Å². The van der Waals surface area contributed by atoms with Crippen LogP contribution in [0.1, 0.15) is 29.8 Å². The molecule has 2 rings (SSSR count). The molecule has 0 aromatic heterocycles. The van der Waals surface area contributed by atoms with E-state index in [4.69, 9.17) is 9.47 Å². The molecule has 0 heterocycles. The SMILES string of the molecule is COc1ccc(C(=O)C=Cc2ccc(OC(C)C)cc2)cc1F. The lowest BCUT2D eigenvalue weighted by atomic mass is 10.1. The van der Waals surface area contributed by atoms with Crippen LogP contribution in [0.3, 0.4) is 0 Å². The second-order valence-electron chi connectivity index (χ2n) is 5.28. The minimum atomic E-state index is -0.554. The Morgan fingerprint density at radius 2 is 1.83 bits per heavy atom. The van der Waals surface area contributed by atoms with Gasteiger partial charge in [-0.2, -0.15) is 0 Å². The molecule has 0 fully saturated rings. The number of rotatable bonds is 6. The van der Waals surface area contributed by atoms with Crippen molar-refractivity contribution in [3.8, 4) is 11.5 Å². The molecule has 0 N–H and O–H groups in total. The predicted molar refractivity (Wildman–Crippen MR) is 88.5 cm³/mol. The van der Waals surface area contributed by atoms with Gasteiger partial charge in [0.1, 0.15) is 5.75 Å². The minimum absolute atomic E-state index is 0.114. The molecule has 0 aliphatic rings. The maximum Gasteiger partial charge on any atom is 0.185 e. The zero-order valence-electron chi connectivity index (χ0n) is 13.4. The number of halogens is 1. The maximum atomic E-state index is 13.6. The summed E-state index contributed by atoms with van der Waals surface area (Å²) in [6.07, 6.45) is 3.21. The fraction of sp³-hybridized carbons (Fsp3) is 0.211. The molecular formula is C19H19FO3. The summed E-state index contributed by atoms with van der Waals surface area (Å²) in [5.41, 5.74) is 1.14. The molecule has 0 atom stereocenters. The molecule has 3 nitrogen and oxygen atoms in total. The Morgan fingerprint density at radius 1 is 1.13 bits per heavy atom. The highest BCUT2D eigenvalue weighted by molar-refractivity contribution is 6.06. The highest BCUT2D eigenvalue weighted by atomic mass is 19.1. The number of allylic oxidation sites excluding steroid dienone is 1. The zero-order valence-corrected chi connectivity index (χ0v) is 13.4. The lowest BCUT2D eigenvalue weighted by Gasteiger charge is -2.09. The summed E-state index contributed by atoms with van der Waals surface area (Å²) in [7, 11) is 1.38.